The van der Waals surface area contributed by atoms with E-state index in [1.807, 2.05) is 36.1 Å². The number of hydrogen-bond acceptors (Lipinski definition) is 4. The number of carbonyl (C=O) groups is 2. The number of furan rings is 1. The number of fused-ring (bicyclic) bond motifs is 1. The molecule has 6 nitrogen and oxygen atoms in total. The molecule has 0 aliphatic carbocycles. The Bertz CT molecular complexity index is 1200. The Balaban J connectivity index is 1.57. The van der Waals surface area contributed by atoms with Crippen LogP contribution in [0.5, 0.6) is 5.75 Å². The Morgan fingerprint density at radius 2 is 2.09 bits per heavy atom. The van der Waals surface area contributed by atoms with Gasteiger partial charge in [0.15, 0.2) is 5.76 Å². The van der Waals surface area contributed by atoms with Crippen molar-refractivity contribution < 1.29 is 23.1 Å². The Morgan fingerprint density at radius 1 is 1.24 bits per heavy atom. The fourth-order valence-electron chi connectivity index (χ4n) is 4.17. The van der Waals surface area contributed by atoms with Gasteiger partial charge in [0.1, 0.15) is 23.9 Å². The molecule has 2 heterocycles. The third-order valence-electron chi connectivity index (χ3n) is 5.81. The Morgan fingerprint density at radius 3 is 2.85 bits per heavy atom. The van der Waals surface area contributed by atoms with Crippen molar-refractivity contribution >= 4 is 11.8 Å². The van der Waals surface area contributed by atoms with Crippen molar-refractivity contribution in [2.24, 2.45) is 0 Å². The highest BCUT2D eigenvalue weighted by molar-refractivity contribution is 5.91. The summed E-state index contributed by atoms with van der Waals surface area (Å²) >= 11 is 0. The van der Waals surface area contributed by atoms with Gasteiger partial charge in [0.25, 0.3) is 5.91 Å². The molecule has 34 heavy (non-hydrogen) atoms. The maximum Gasteiger partial charge on any atom is 0.287 e. The highest BCUT2D eigenvalue weighted by atomic mass is 19.1. The second-order valence-corrected chi connectivity index (χ2v) is 8.06. The van der Waals surface area contributed by atoms with Crippen LogP contribution in [0.4, 0.5) is 4.39 Å². The summed E-state index contributed by atoms with van der Waals surface area (Å²) in [5.41, 5.74) is 2.74. The zero-order chi connectivity index (χ0) is 24.1. The normalized spacial score (nSPS) is 14.9. The lowest BCUT2D eigenvalue weighted by molar-refractivity contribution is -0.132. The number of benzene rings is 2. The number of carbonyl (C=O) groups excluding carboxylic acids is 2. The largest absolute Gasteiger partial charge is 0.486 e. The Kier molecular flexibility index (Phi) is 7.11. The van der Waals surface area contributed by atoms with Gasteiger partial charge in [-0.25, -0.2) is 4.39 Å². The molecular formula is C27H27FN2O4. The zero-order valence-electron chi connectivity index (χ0n) is 19.1. The predicted molar refractivity (Wildman–Crippen MR) is 126 cm³/mol. The third kappa shape index (κ3) is 5.03. The van der Waals surface area contributed by atoms with Crippen molar-refractivity contribution in [3.63, 3.8) is 0 Å². The smallest absolute Gasteiger partial charge is 0.287 e. The quantitative estimate of drug-likeness (QED) is 0.488. The van der Waals surface area contributed by atoms with Crippen LogP contribution in [0.3, 0.4) is 0 Å². The van der Waals surface area contributed by atoms with Crippen LogP contribution >= 0.6 is 0 Å². The van der Waals surface area contributed by atoms with Gasteiger partial charge in [-0.2, -0.15) is 0 Å². The number of halogens is 1. The molecule has 0 radical (unpaired) electrons. The minimum atomic E-state index is -0.390. The molecule has 3 aromatic rings. The second kappa shape index (κ2) is 10.4. The number of rotatable bonds is 8. The van der Waals surface area contributed by atoms with Crippen molar-refractivity contribution in [3.05, 3.63) is 101 Å². The minimum Gasteiger partial charge on any atom is -0.486 e. The molecule has 1 atom stereocenters. The van der Waals surface area contributed by atoms with Crippen LogP contribution in [0.25, 0.3) is 0 Å². The molecule has 2 amide bonds. The number of nitrogens with zero attached hydrogens (tertiary/aromatic N) is 1. The molecule has 1 aromatic heterocycles. The lowest BCUT2D eigenvalue weighted by Crippen LogP contribution is -2.40. The number of nitrogens with one attached hydrogen (secondary N) is 1. The molecule has 0 spiro atoms. The summed E-state index contributed by atoms with van der Waals surface area (Å²) in [6.07, 6.45) is 2.68. The van der Waals surface area contributed by atoms with Gasteiger partial charge < -0.3 is 19.4 Å². The summed E-state index contributed by atoms with van der Waals surface area (Å²) in [6.45, 7) is 6.46. The van der Waals surface area contributed by atoms with Gasteiger partial charge in [-0.1, -0.05) is 31.2 Å². The van der Waals surface area contributed by atoms with Crippen molar-refractivity contribution in [1.29, 1.82) is 0 Å². The Hall–Kier alpha value is -3.87. The van der Waals surface area contributed by atoms with E-state index in [4.69, 9.17) is 9.15 Å². The van der Waals surface area contributed by atoms with Crippen molar-refractivity contribution in [3.8, 4) is 5.75 Å². The first-order chi connectivity index (χ1) is 16.5. The van der Waals surface area contributed by atoms with Crippen LogP contribution in [0.2, 0.25) is 0 Å². The number of amides is 2. The van der Waals surface area contributed by atoms with Crippen LogP contribution < -0.4 is 10.1 Å². The highest BCUT2D eigenvalue weighted by Crippen LogP contribution is 2.37. The highest BCUT2D eigenvalue weighted by Gasteiger charge is 2.32. The number of hydrogen-bond donors (Lipinski definition) is 1. The van der Waals surface area contributed by atoms with E-state index in [0.717, 1.165) is 16.7 Å². The molecule has 4 rings (SSSR count). The molecule has 2 aromatic carbocycles. The first-order valence-corrected chi connectivity index (χ1v) is 11.3. The lowest BCUT2D eigenvalue weighted by Gasteiger charge is -2.38. The summed E-state index contributed by atoms with van der Waals surface area (Å²) in [5.74, 6) is 0.658. The SMILES string of the molecule is C=CCNC(=O)c1ccc(COc2ccc3c(c2)[C@H](c2cccc(F)c2)N(C(=O)CC)CC3)o1. The summed E-state index contributed by atoms with van der Waals surface area (Å²) < 4.78 is 25.6. The topological polar surface area (TPSA) is 71.8 Å². The fraction of sp³-hybridized carbons (Fsp3) is 0.259. The van der Waals surface area contributed by atoms with Gasteiger partial charge in [-0.3, -0.25) is 9.59 Å². The average Bonchev–Trinajstić information content (AvgIpc) is 3.34. The van der Waals surface area contributed by atoms with E-state index < -0.39 is 0 Å². The molecule has 0 fully saturated rings. The van der Waals surface area contributed by atoms with Gasteiger partial charge in [0.05, 0.1) is 6.04 Å². The van der Waals surface area contributed by atoms with Crippen molar-refractivity contribution in [2.45, 2.75) is 32.4 Å². The van der Waals surface area contributed by atoms with E-state index in [1.54, 1.807) is 24.3 Å². The summed E-state index contributed by atoms with van der Waals surface area (Å²) in [7, 11) is 0. The summed E-state index contributed by atoms with van der Waals surface area (Å²) in [4.78, 5) is 26.5. The third-order valence-corrected chi connectivity index (χ3v) is 5.81. The maximum atomic E-state index is 14.1. The fourth-order valence-corrected chi connectivity index (χ4v) is 4.17. The molecule has 0 bridgehead atoms. The van der Waals surface area contributed by atoms with Crippen LogP contribution in [0.15, 0.2) is 71.7 Å². The van der Waals surface area contributed by atoms with E-state index >= 15 is 0 Å². The molecule has 1 aliphatic rings. The van der Waals surface area contributed by atoms with E-state index in [0.29, 0.717) is 37.4 Å². The molecule has 0 saturated carbocycles. The van der Waals surface area contributed by atoms with Gasteiger partial charge in [0.2, 0.25) is 5.91 Å². The van der Waals surface area contributed by atoms with Gasteiger partial charge >= 0.3 is 0 Å². The van der Waals surface area contributed by atoms with Gasteiger partial charge in [-0.15, -0.1) is 6.58 Å². The minimum absolute atomic E-state index is 0.0177. The first-order valence-electron chi connectivity index (χ1n) is 11.3. The molecule has 7 heteroatoms. The molecule has 1 aliphatic heterocycles. The van der Waals surface area contributed by atoms with Crippen LogP contribution in [0, 0.1) is 5.82 Å². The molecule has 1 N–H and O–H groups in total. The van der Waals surface area contributed by atoms with Crippen molar-refractivity contribution in [2.75, 3.05) is 13.1 Å². The molecule has 0 saturated heterocycles. The number of ether oxygens (including phenoxy) is 1. The average molecular weight is 463 g/mol. The maximum absolute atomic E-state index is 14.1. The van der Waals surface area contributed by atoms with Crippen LogP contribution in [-0.2, 0) is 17.8 Å². The standard InChI is InChI=1S/C27H27FN2O4/c1-3-13-29-27(32)24-11-10-22(34-24)17-33-21-9-8-18-12-14-30(25(31)4-2)26(23(18)16-21)19-6-5-7-20(28)15-19/h3,5-11,15-16,26H,1,4,12-14,17H2,2H3,(H,29,32)/t26-/m0/s1. The summed E-state index contributed by atoms with van der Waals surface area (Å²) in [6, 6.07) is 15.0. The second-order valence-electron chi connectivity index (χ2n) is 8.06. The summed E-state index contributed by atoms with van der Waals surface area (Å²) in [5, 5.41) is 2.66. The first kappa shape index (κ1) is 23.3. The van der Waals surface area contributed by atoms with Crippen LogP contribution in [0.1, 0.15) is 52.4 Å². The monoisotopic (exact) mass is 462 g/mol. The molecule has 0 unspecified atom stereocenters. The Labute approximate surface area is 198 Å². The van der Waals surface area contributed by atoms with E-state index in [-0.39, 0.29) is 36.0 Å². The van der Waals surface area contributed by atoms with E-state index in [1.165, 1.54) is 12.1 Å². The van der Waals surface area contributed by atoms with Crippen LogP contribution in [-0.4, -0.2) is 29.8 Å². The molecule has 176 valence electrons. The van der Waals surface area contributed by atoms with Gasteiger partial charge in [0, 0.05) is 19.5 Å². The van der Waals surface area contributed by atoms with E-state index in [9.17, 15) is 14.0 Å². The van der Waals surface area contributed by atoms with Gasteiger partial charge in [-0.05, 0) is 59.5 Å². The zero-order valence-corrected chi connectivity index (χ0v) is 19.1. The predicted octanol–water partition coefficient (Wildman–Crippen LogP) is 4.80. The molecular weight excluding hydrogens is 435 g/mol. The van der Waals surface area contributed by atoms with E-state index in [2.05, 4.69) is 11.9 Å². The van der Waals surface area contributed by atoms with Crippen molar-refractivity contribution in [1.82, 2.24) is 10.2 Å². The lowest BCUT2D eigenvalue weighted by atomic mass is 9.87.